The maximum Gasteiger partial charge on any atom is 0.339 e. The van der Waals surface area contributed by atoms with E-state index >= 15 is 0 Å². The average Bonchev–Trinajstić information content (AvgIpc) is 2.55. The van der Waals surface area contributed by atoms with E-state index in [1.165, 1.54) is 6.92 Å². The minimum Gasteiger partial charge on any atom is -0.478 e. The van der Waals surface area contributed by atoms with Crippen LogP contribution in [0.3, 0.4) is 0 Å². The van der Waals surface area contributed by atoms with Crippen LogP contribution in [0.2, 0.25) is 0 Å². The third kappa shape index (κ3) is 3.15. The second-order valence-electron chi connectivity index (χ2n) is 4.90. The number of nitrogens with zero attached hydrogens (tertiary/aromatic N) is 1. The second-order valence-corrected chi connectivity index (χ2v) is 4.90. The molecule has 0 aliphatic carbocycles. The molecule has 114 valence electrons. The largest absolute Gasteiger partial charge is 0.478 e. The lowest BCUT2D eigenvalue weighted by molar-refractivity contribution is -0.132. The summed E-state index contributed by atoms with van der Waals surface area (Å²) in [6.07, 6.45) is 5.37. The van der Waals surface area contributed by atoms with Crippen molar-refractivity contribution in [2.24, 2.45) is 10.9 Å². The fourth-order valence-corrected chi connectivity index (χ4v) is 2.42. The van der Waals surface area contributed by atoms with Gasteiger partial charge >= 0.3 is 5.97 Å². The van der Waals surface area contributed by atoms with Gasteiger partial charge in [-0.3, -0.25) is 4.99 Å². The zero-order chi connectivity index (χ0) is 16.1. The molecule has 0 aromatic heterocycles. The van der Waals surface area contributed by atoms with E-state index in [1.54, 1.807) is 6.20 Å². The van der Waals surface area contributed by atoms with Crippen LogP contribution in [-0.4, -0.2) is 17.3 Å². The first kappa shape index (κ1) is 15.7. The minimum absolute atomic E-state index is 0.0325. The number of carboxylic acid groups (broad SMARTS) is 1. The van der Waals surface area contributed by atoms with Gasteiger partial charge in [0.1, 0.15) is 11.3 Å². The highest BCUT2D eigenvalue weighted by Gasteiger charge is 2.21. The van der Waals surface area contributed by atoms with Crippen molar-refractivity contribution < 1.29 is 14.7 Å². The SMILES string of the molecule is C=C(/C(C(=O)O)=C(/C)ON)c1ccccc1C1=CN=CCC1. The topological polar surface area (TPSA) is 84.9 Å². The van der Waals surface area contributed by atoms with Crippen LogP contribution < -0.4 is 5.90 Å². The summed E-state index contributed by atoms with van der Waals surface area (Å²) in [6.45, 7) is 5.43. The molecule has 1 aromatic rings. The van der Waals surface area contributed by atoms with Crippen molar-refractivity contribution in [3.63, 3.8) is 0 Å². The molecule has 0 saturated heterocycles. The molecule has 1 heterocycles. The fourth-order valence-electron chi connectivity index (χ4n) is 2.42. The molecule has 1 aliphatic rings. The molecular weight excluding hydrogens is 280 g/mol. The third-order valence-corrected chi connectivity index (χ3v) is 3.52. The van der Waals surface area contributed by atoms with Gasteiger partial charge in [0, 0.05) is 12.4 Å². The predicted molar refractivity (Wildman–Crippen MR) is 86.8 cm³/mol. The first-order chi connectivity index (χ1) is 10.6. The van der Waals surface area contributed by atoms with E-state index in [9.17, 15) is 9.90 Å². The zero-order valence-corrected chi connectivity index (χ0v) is 12.4. The van der Waals surface area contributed by atoms with E-state index in [1.807, 2.05) is 30.5 Å². The maximum atomic E-state index is 11.5. The maximum absolute atomic E-state index is 11.5. The predicted octanol–water partition coefficient (Wildman–Crippen LogP) is 3.15. The molecule has 1 aromatic carbocycles. The Bertz CT molecular complexity index is 700. The minimum atomic E-state index is -1.13. The molecule has 5 heteroatoms. The van der Waals surface area contributed by atoms with Gasteiger partial charge in [0.2, 0.25) is 0 Å². The van der Waals surface area contributed by atoms with Crippen LogP contribution in [0, 0.1) is 0 Å². The number of carboxylic acids is 1. The first-order valence-electron chi connectivity index (χ1n) is 6.87. The molecular formula is C17H18N2O3. The number of allylic oxidation sites excluding steroid dienone is 2. The Balaban J connectivity index is 2.53. The van der Waals surface area contributed by atoms with Crippen molar-refractivity contribution in [2.75, 3.05) is 0 Å². The van der Waals surface area contributed by atoms with E-state index in [0.717, 1.165) is 29.5 Å². The number of carbonyl (C=O) groups is 1. The van der Waals surface area contributed by atoms with Crippen molar-refractivity contribution in [3.05, 3.63) is 59.5 Å². The number of hydrogen-bond donors (Lipinski definition) is 2. The van der Waals surface area contributed by atoms with Crippen LogP contribution in [0.1, 0.15) is 30.9 Å². The number of aliphatic carboxylic acids is 1. The lowest BCUT2D eigenvalue weighted by Crippen LogP contribution is -2.10. The van der Waals surface area contributed by atoms with Gasteiger partial charge in [0.25, 0.3) is 0 Å². The van der Waals surface area contributed by atoms with Gasteiger partial charge in [-0.05, 0) is 42.0 Å². The van der Waals surface area contributed by atoms with Crippen LogP contribution in [0.4, 0.5) is 0 Å². The van der Waals surface area contributed by atoms with Crippen LogP contribution in [0.15, 0.2) is 53.4 Å². The number of hydrogen-bond acceptors (Lipinski definition) is 4. The molecule has 0 spiro atoms. The normalized spacial score (nSPS) is 14.9. The summed E-state index contributed by atoms with van der Waals surface area (Å²) < 4.78 is 0. The Morgan fingerprint density at radius 1 is 1.41 bits per heavy atom. The molecule has 1 aliphatic heterocycles. The number of benzene rings is 1. The van der Waals surface area contributed by atoms with Crippen LogP contribution >= 0.6 is 0 Å². The van der Waals surface area contributed by atoms with Crippen molar-refractivity contribution in [1.29, 1.82) is 0 Å². The van der Waals surface area contributed by atoms with Gasteiger partial charge < -0.3 is 9.94 Å². The van der Waals surface area contributed by atoms with Crippen LogP contribution in [0.25, 0.3) is 11.1 Å². The standard InChI is InChI=1S/C17H18N2O3/c1-11(16(17(20)21)12(2)22-18)14-7-3-4-8-15(14)13-6-5-9-19-10-13/h3-4,7-10H,1,5-6,18H2,2H3,(H,20,21)/b16-12+. The Kier molecular flexibility index (Phi) is 4.91. The van der Waals surface area contributed by atoms with Crippen molar-refractivity contribution in [2.45, 2.75) is 19.8 Å². The lowest BCUT2D eigenvalue weighted by Gasteiger charge is -2.16. The fraction of sp³-hybridized carbons (Fsp3) is 0.176. The average molecular weight is 298 g/mol. The molecule has 5 nitrogen and oxygen atoms in total. The highest BCUT2D eigenvalue weighted by Crippen LogP contribution is 2.33. The Labute approximate surface area is 129 Å². The summed E-state index contributed by atoms with van der Waals surface area (Å²) in [5.41, 5.74) is 3.04. The van der Waals surface area contributed by atoms with E-state index in [2.05, 4.69) is 16.4 Å². The molecule has 2 rings (SSSR count). The highest BCUT2D eigenvalue weighted by molar-refractivity contribution is 6.06. The van der Waals surface area contributed by atoms with Gasteiger partial charge in [0.15, 0.2) is 0 Å². The van der Waals surface area contributed by atoms with Gasteiger partial charge in [0.05, 0.1) is 0 Å². The Morgan fingerprint density at radius 2 is 2.14 bits per heavy atom. The van der Waals surface area contributed by atoms with Gasteiger partial charge in [-0.1, -0.05) is 30.8 Å². The zero-order valence-electron chi connectivity index (χ0n) is 12.4. The van der Waals surface area contributed by atoms with Crippen molar-refractivity contribution in [1.82, 2.24) is 0 Å². The third-order valence-electron chi connectivity index (χ3n) is 3.52. The molecule has 3 N–H and O–H groups in total. The molecule has 0 atom stereocenters. The van der Waals surface area contributed by atoms with Gasteiger partial charge in [-0.15, -0.1) is 0 Å². The summed E-state index contributed by atoms with van der Waals surface area (Å²) in [5, 5.41) is 9.42. The first-order valence-corrected chi connectivity index (χ1v) is 6.87. The number of rotatable bonds is 5. The summed E-state index contributed by atoms with van der Waals surface area (Å²) in [7, 11) is 0. The monoisotopic (exact) mass is 298 g/mol. The van der Waals surface area contributed by atoms with E-state index in [-0.39, 0.29) is 11.3 Å². The number of aliphatic imine (C=N–C) groups is 1. The van der Waals surface area contributed by atoms with Crippen LogP contribution in [-0.2, 0) is 9.63 Å². The van der Waals surface area contributed by atoms with E-state index < -0.39 is 5.97 Å². The Morgan fingerprint density at radius 3 is 2.73 bits per heavy atom. The smallest absolute Gasteiger partial charge is 0.339 e. The summed E-state index contributed by atoms with van der Waals surface area (Å²) in [5.74, 6) is 4.10. The van der Waals surface area contributed by atoms with Crippen molar-refractivity contribution >= 4 is 23.3 Å². The van der Waals surface area contributed by atoms with Crippen LogP contribution in [0.5, 0.6) is 0 Å². The molecule has 0 unspecified atom stereocenters. The summed E-state index contributed by atoms with van der Waals surface area (Å²) >= 11 is 0. The number of nitrogens with two attached hydrogens (primary N) is 1. The quantitative estimate of drug-likeness (QED) is 0.378. The summed E-state index contributed by atoms with van der Waals surface area (Å²) in [4.78, 5) is 20.3. The van der Waals surface area contributed by atoms with Gasteiger partial charge in [-0.25, -0.2) is 4.79 Å². The molecule has 0 amide bonds. The lowest BCUT2D eigenvalue weighted by atomic mass is 9.89. The van der Waals surface area contributed by atoms with Gasteiger partial charge in [-0.2, -0.15) is 5.90 Å². The molecule has 0 saturated carbocycles. The highest BCUT2D eigenvalue weighted by atomic mass is 16.6. The van der Waals surface area contributed by atoms with E-state index in [4.69, 9.17) is 5.90 Å². The second kappa shape index (κ2) is 6.87. The van der Waals surface area contributed by atoms with E-state index in [0.29, 0.717) is 5.57 Å². The Hall–Kier alpha value is -2.66. The molecule has 0 radical (unpaired) electrons. The molecule has 0 bridgehead atoms. The molecule has 22 heavy (non-hydrogen) atoms. The summed E-state index contributed by atoms with van der Waals surface area (Å²) in [6, 6.07) is 7.52. The van der Waals surface area contributed by atoms with Crippen molar-refractivity contribution in [3.8, 4) is 0 Å². The molecule has 0 fully saturated rings.